The average molecular weight is 209 g/mol. The second-order valence-corrected chi connectivity index (χ2v) is 4.20. The van der Waals surface area contributed by atoms with Crippen LogP contribution in [0.25, 0.3) is 0 Å². The molecule has 0 spiro atoms. The fraction of sp³-hybridized carbons (Fsp3) is 0.818. The molecule has 0 bridgehead atoms. The first-order valence-electron chi connectivity index (χ1n) is 5.55. The van der Waals surface area contributed by atoms with Gasteiger partial charge in [0.1, 0.15) is 6.54 Å². The van der Waals surface area contributed by atoms with Crippen molar-refractivity contribution >= 4 is 5.91 Å². The van der Waals surface area contributed by atoms with Gasteiger partial charge in [0.15, 0.2) is 0 Å². The summed E-state index contributed by atoms with van der Waals surface area (Å²) in [5.74, 6) is -0.0206. The molecule has 4 heteroatoms. The van der Waals surface area contributed by atoms with Crippen molar-refractivity contribution in [1.82, 2.24) is 10.6 Å². The van der Waals surface area contributed by atoms with E-state index in [1.165, 1.54) is 19.3 Å². The lowest BCUT2D eigenvalue weighted by Crippen LogP contribution is -2.48. The van der Waals surface area contributed by atoms with Gasteiger partial charge in [0, 0.05) is 12.0 Å². The van der Waals surface area contributed by atoms with Crippen LogP contribution >= 0.6 is 0 Å². The second kappa shape index (κ2) is 5.72. The highest BCUT2D eigenvalue weighted by Crippen LogP contribution is 2.30. The highest BCUT2D eigenvalue weighted by molar-refractivity contribution is 5.77. The van der Waals surface area contributed by atoms with Gasteiger partial charge in [0.2, 0.25) is 5.91 Å². The molecule has 15 heavy (non-hydrogen) atoms. The van der Waals surface area contributed by atoms with Crippen molar-refractivity contribution in [3.05, 3.63) is 0 Å². The molecule has 0 atom stereocenters. The minimum absolute atomic E-state index is 0.0206. The van der Waals surface area contributed by atoms with Gasteiger partial charge in [-0.15, -0.1) is 0 Å². The first kappa shape index (κ1) is 12.0. The van der Waals surface area contributed by atoms with Crippen molar-refractivity contribution < 1.29 is 4.79 Å². The van der Waals surface area contributed by atoms with Crippen LogP contribution in [0.2, 0.25) is 0 Å². The van der Waals surface area contributed by atoms with Gasteiger partial charge in [-0.2, -0.15) is 5.26 Å². The summed E-state index contributed by atoms with van der Waals surface area (Å²) in [6.45, 7) is 0.110. The van der Waals surface area contributed by atoms with Crippen molar-refractivity contribution in [1.29, 1.82) is 5.26 Å². The molecule has 0 aromatic rings. The summed E-state index contributed by atoms with van der Waals surface area (Å²) in [7, 11) is 1.92. The van der Waals surface area contributed by atoms with Crippen LogP contribution in [0, 0.1) is 11.3 Å². The Balaban J connectivity index is 2.44. The topological polar surface area (TPSA) is 64.9 Å². The van der Waals surface area contributed by atoms with Crippen LogP contribution in [0.5, 0.6) is 0 Å². The quantitative estimate of drug-likeness (QED) is 0.677. The molecule has 0 saturated heterocycles. The van der Waals surface area contributed by atoms with Crippen molar-refractivity contribution in [3.63, 3.8) is 0 Å². The van der Waals surface area contributed by atoms with Gasteiger partial charge in [-0.1, -0.05) is 19.3 Å². The lowest BCUT2D eigenvalue weighted by atomic mass is 9.79. The number of carbonyl (C=O) groups excluding carboxylic acids is 1. The Morgan fingerprint density at radius 1 is 1.40 bits per heavy atom. The molecule has 0 aromatic carbocycles. The molecular weight excluding hydrogens is 190 g/mol. The van der Waals surface area contributed by atoms with Crippen molar-refractivity contribution in [2.24, 2.45) is 0 Å². The molecule has 1 aliphatic carbocycles. The monoisotopic (exact) mass is 209 g/mol. The number of nitrogens with one attached hydrogen (secondary N) is 2. The summed E-state index contributed by atoms with van der Waals surface area (Å²) in [5.41, 5.74) is -0.0300. The van der Waals surface area contributed by atoms with E-state index < -0.39 is 0 Å². The summed E-state index contributed by atoms with van der Waals surface area (Å²) in [5, 5.41) is 14.2. The molecule has 4 nitrogen and oxygen atoms in total. The predicted molar refractivity (Wildman–Crippen MR) is 58.1 cm³/mol. The summed E-state index contributed by atoms with van der Waals surface area (Å²) in [6, 6.07) is 1.91. The van der Waals surface area contributed by atoms with Gasteiger partial charge in [-0.3, -0.25) is 4.79 Å². The Bertz CT molecular complexity index is 251. The molecule has 1 saturated carbocycles. The summed E-state index contributed by atoms with van der Waals surface area (Å²) < 4.78 is 0. The number of amides is 1. The van der Waals surface area contributed by atoms with Gasteiger partial charge in [-0.05, 0) is 19.9 Å². The standard InChI is InChI=1S/C11H19N3O/c1-13-11(5-3-2-4-6-11)9-10(15)14-8-7-12/h13H,2-6,8-9H2,1H3,(H,14,15). The minimum atomic E-state index is -0.0300. The van der Waals surface area contributed by atoms with Gasteiger partial charge < -0.3 is 10.6 Å². The predicted octanol–water partition coefficient (Wildman–Crippen LogP) is 0.939. The molecule has 0 aliphatic heterocycles. The third kappa shape index (κ3) is 3.52. The number of nitrogens with zero attached hydrogens (tertiary/aromatic N) is 1. The Morgan fingerprint density at radius 2 is 2.07 bits per heavy atom. The number of rotatable bonds is 4. The van der Waals surface area contributed by atoms with E-state index in [1.54, 1.807) is 0 Å². The van der Waals surface area contributed by atoms with E-state index in [1.807, 2.05) is 13.1 Å². The zero-order valence-electron chi connectivity index (χ0n) is 9.31. The summed E-state index contributed by atoms with van der Waals surface area (Å²) in [6.07, 6.45) is 6.25. The maximum atomic E-state index is 11.5. The van der Waals surface area contributed by atoms with Crippen LogP contribution in [-0.2, 0) is 4.79 Å². The van der Waals surface area contributed by atoms with E-state index in [2.05, 4.69) is 10.6 Å². The van der Waals surface area contributed by atoms with Gasteiger partial charge in [-0.25, -0.2) is 0 Å². The first-order chi connectivity index (χ1) is 7.22. The SMILES string of the molecule is CNC1(CC(=O)NCC#N)CCCCC1. The Labute approximate surface area is 91.0 Å². The Hall–Kier alpha value is -1.08. The fourth-order valence-electron chi connectivity index (χ4n) is 2.25. The van der Waals surface area contributed by atoms with Crippen molar-refractivity contribution in [2.75, 3.05) is 13.6 Å². The lowest BCUT2D eigenvalue weighted by Gasteiger charge is -2.36. The third-order valence-electron chi connectivity index (χ3n) is 3.20. The van der Waals surface area contributed by atoms with E-state index in [0.717, 1.165) is 12.8 Å². The number of nitriles is 1. The molecule has 0 unspecified atom stereocenters. The Kier molecular flexibility index (Phi) is 4.57. The second-order valence-electron chi connectivity index (χ2n) is 4.20. The van der Waals surface area contributed by atoms with Crippen LogP contribution < -0.4 is 10.6 Å². The zero-order chi connectivity index (χ0) is 11.1. The van der Waals surface area contributed by atoms with Crippen LogP contribution in [0.15, 0.2) is 0 Å². The molecule has 1 aliphatic rings. The summed E-state index contributed by atoms with van der Waals surface area (Å²) in [4.78, 5) is 11.5. The van der Waals surface area contributed by atoms with Crippen molar-refractivity contribution in [2.45, 2.75) is 44.1 Å². The minimum Gasteiger partial charge on any atom is -0.343 e. The van der Waals surface area contributed by atoms with E-state index in [0.29, 0.717) is 6.42 Å². The smallest absolute Gasteiger partial charge is 0.222 e. The molecule has 1 amide bonds. The van der Waals surface area contributed by atoms with Crippen LogP contribution in [0.1, 0.15) is 38.5 Å². The summed E-state index contributed by atoms with van der Waals surface area (Å²) >= 11 is 0. The molecule has 1 fully saturated rings. The molecule has 1 rings (SSSR count). The lowest BCUT2D eigenvalue weighted by molar-refractivity contribution is -0.122. The third-order valence-corrected chi connectivity index (χ3v) is 3.20. The highest BCUT2D eigenvalue weighted by Gasteiger charge is 2.32. The van der Waals surface area contributed by atoms with Crippen molar-refractivity contribution in [3.8, 4) is 6.07 Å². The van der Waals surface area contributed by atoms with Gasteiger partial charge in [0.25, 0.3) is 0 Å². The average Bonchev–Trinajstić information content (AvgIpc) is 2.27. The number of carbonyl (C=O) groups is 1. The van der Waals surface area contributed by atoms with Gasteiger partial charge >= 0.3 is 0 Å². The largest absolute Gasteiger partial charge is 0.343 e. The van der Waals surface area contributed by atoms with E-state index in [4.69, 9.17) is 5.26 Å². The maximum Gasteiger partial charge on any atom is 0.222 e. The zero-order valence-corrected chi connectivity index (χ0v) is 9.31. The van der Waals surface area contributed by atoms with E-state index in [-0.39, 0.29) is 18.0 Å². The molecule has 0 radical (unpaired) electrons. The molecule has 0 heterocycles. The van der Waals surface area contributed by atoms with Crippen LogP contribution in [0.3, 0.4) is 0 Å². The molecular formula is C11H19N3O. The number of hydrogen-bond donors (Lipinski definition) is 2. The molecule has 0 aromatic heterocycles. The van der Waals surface area contributed by atoms with Crippen LogP contribution in [0.4, 0.5) is 0 Å². The fourth-order valence-corrected chi connectivity index (χ4v) is 2.25. The Morgan fingerprint density at radius 3 is 2.60 bits per heavy atom. The van der Waals surface area contributed by atoms with E-state index >= 15 is 0 Å². The highest BCUT2D eigenvalue weighted by atomic mass is 16.1. The van der Waals surface area contributed by atoms with Gasteiger partial charge in [0.05, 0.1) is 6.07 Å². The van der Waals surface area contributed by atoms with E-state index in [9.17, 15) is 4.79 Å². The normalized spacial score (nSPS) is 19.2. The van der Waals surface area contributed by atoms with Crippen LogP contribution in [-0.4, -0.2) is 25.0 Å². The molecule has 2 N–H and O–H groups in total. The maximum absolute atomic E-state index is 11.5. The first-order valence-corrected chi connectivity index (χ1v) is 5.55. The molecule has 84 valence electrons. The number of hydrogen-bond acceptors (Lipinski definition) is 3.